The van der Waals surface area contributed by atoms with E-state index in [9.17, 15) is 29.7 Å². The van der Waals surface area contributed by atoms with Gasteiger partial charge in [-0.25, -0.2) is 9.59 Å². The number of nitrogens with zero attached hydrogens (tertiary/aromatic N) is 2. The van der Waals surface area contributed by atoms with Crippen molar-refractivity contribution in [3.63, 3.8) is 0 Å². The van der Waals surface area contributed by atoms with Crippen LogP contribution in [-0.4, -0.2) is 63.5 Å². The van der Waals surface area contributed by atoms with Crippen LogP contribution < -0.4 is 9.47 Å². The van der Waals surface area contributed by atoms with Crippen LogP contribution in [0.25, 0.3) is 0 Å². The quantitative estimate of drug-likeness (QED) is 0.0235. The van der Waals surface area contributed by atoms with Gasteiger partial charge in [0.1, 0.15) is 29.2 Å². The van der Waals surface area contributed by atoms with Gasteiger partial charge < -0.3 is 28.4 Å². The van der Waals surface area contributed by atoms with Crippen molar-refractivity contribution in [2.24, 2.45) is 10.8 Å². The molecule has 336 valence electrons. The Morgan fingerprint density at radius 1 is 0.607 bits per heavy atom. The van der Waals surface area contributed by atoms with E-state index in [1.165, 1.54) is 23.5 Å². The van der Waals surface area contributed by atoms with Crippen LogP contribution in [-0.2, 0) is 38.1 Å². The number of ether oxygens (including phenoxy) is 6. The Kier molecular flexibility index (Phi) is 23.8. The molecule has 2 rings (SSSR count). The maximum atomic E-state index is 12.2. The first-order valence-electron chi connectivity index (χ1n) is 21.2. The average Bonchev–Trinajstić information content (AvgIpc) is 3.65. The van der Waals surface area contributed by atoms with Crippen molar-refractivity contribution in [2.45, 2.75) is 148 Å². The second kappa shape index (κ2) is 27.5. The lowest BCUT2D eigenvalue weighted by molar-refractivity contribution is -0.152. The molecular formula is C47H66N2O10S2. The summed E-state index contributed by atoms with van der Waals surface area (Å²) in [5.74, 6) is 0.0547. The number of hydrogen-bond acceptors (Lipinski definition) is 14. The number of fused-ring (bicyclic) bond motifs is 1. The number of esters is 4. The number of nitriles is 2. The third-order valence-corrected chi connectivity index (χ3v) is 12.0. The molecule has 0 fully saturated rings. The van der Waals surface area contributed by atoms with Crippen molar-refractivity contribution in [2.75, 3.05) is 39.6 Å². The number of hydrogen-bond donors (Lipinski definition) is 0. The molecule has 0 radical (unpaired) electrons. The monoisotopic (exact) mass is 882 g/mol. The zero-order valence-electron chi connectivity index (χ0n) is 37.4. The molecule has 61 heavy (non-hydrogen) atoms. The van der Waals surface area contributed by atoms with Crippen molar-refractivity contribution >= 4 is 47.4 Å². The molecule has 1 aliphatic heterocycles. The van der Waals surface area contributed by atoms with E-state index in [0.717, 1.165) is 104 Å². The van der Waals surface area contributed by atoms with Gasteiger partial charge in [0.15, 0.2) is 0 Å². The van der Waals surface area contributed by atoms with Gasteiger partial charge >= 0.3 is 23.9 Å². The molecule has 0 unspecified atom stereocenters. The van der Waals surface area contributed by atoms with Gasteiger partial charge in [0.05, 0.1) is 53.7 Å². The van der Waals surface area contributed by atoms with E-state index >= 15 is 0 Å². The topological polar surface area (TPSA) is 171 Å². The maximum absolute atomic E-state index is 12.2. The summed E-state index contributed by atoms with van der Waals surface area (Å²) in [4.78, 5) is 49.5. The molecule has 0 N–H and O–H groups in total. The molecular weight excluding hydrogens is 817 g/mol. The first-order valence-corrected chi connectivity index (χ1v) is 22.8. The fourth-order valence-corrected chi connectivity index (χ4v) is 8.27. The number of carbonyl (C=O) groups excluding carboxylic acids is 4. The summed E-state index contributed by atoms with van der Waals surface area (Å²) >= 11 is 2.76. The predicted molar refractivity (Wildman–Crippen MR) is 238 cm³/mol. The van der Waals surface area contributed by atoms with Crippen LogP contribution in [0.1, 0.15) is 137 Å². The Hall–Kier alpha value is -4.40. The van der Waals surface area contributed by atoms with E-state index in [2.05, 4.69) is 13.2 Å². The van der Waals surface area contributed by atoms with Gasteiger partial charge in [-0.15, -0.1) is 0 Å². The lowest BCUT2D eigenvalue weighted by Crippen LogP contribution is -2.28. The number of thioether (sulfide) groups is 2. The molecule has 0 amide bonds. The number of rotatable bonds is 30. The lowest BCUT2D eigenvalue weighted by atomic mass is 9.96. The second-order valence-corrected chi connectivity index (χ2v) is 19.4. The molecule has 0 atom stereocenters. The minimum Gasteiger partial charge on any atom is -0.492 e. The van der Waals surface area contributed by atoms with Gasteiger partial charge in [0, 0.05) is 34.8 Å². The number of aryl methyl sites for hydroxylation is 1. The first kappa shape index (κ1) is 52.7. The molecule has 0 aromatic heterocycles. The third kappa shape index (κ3) is 20.8. The number of carbonyl (C=O) groups is 4. The van der Waals surface area contributed by atoms with Crippen LogP contribution in [0.4, 0.5) is 0 Å². The number of unbranched alkanes of at least 4 members (excludes halogenated alkanes) is 10. The Balaban J connectivity index is 1.71. The molecule has 0 aliphatic carbocycles. The highest BCUT2D eigenvalue weighted by Gasteiger charge is 2.30. The van der Waals surface area contributed by atoms with E-state index in [0.29, 0.717) is 41.4 Å². The van der Waals surface area contributed by atoms with Crippen LogP contribution in [0, 0.1) is 40.4 Å². The first-order chi connectivity index (χ1) is 28.9. The molecule has 12 nitrogen and oxygen atoms in total. The zero-order chi connectivity index (χ0) is 45.4. The summed E-state index contributed by atoms with van der Waals surface area (Å²) in [7, 11) is 0. The summed E-state index contributed by atoms with van der Waals surface area (Å²) < 4.78 is 34.5. The molecule has 1 aliphatic rings. The van der Waals surface area contributed by atoms with Crippen LogP contribution >= 0.6 is 23.5 Å². The van der Waals surface area contributed by atoms with Crippen LogP contribution in [0.3, 0.4) is 0 Å². The molecule has 0 saturated carbocycles. The summed E-state index contributed by atoms with van der Waals surface area (Å²) in [6.07, 6.45) is 11.7. The van der Waals surface area contributed by atoms with Gasteiger partial charge in [-0.2, -0.15) is 10.5 Å². The lowest BCUT2D eigenvalue weighted by Gasteiger charge is -2.23. The Morgan fingerprint density at radius 3 is 1.44 bits per heavy atom. The minimum atomic E-state index is -0.483. The predicted octanol–water partition coefficient (Wildman–Crippen LogP) is 11.0. The Morgan fingerprint density at radius 2 is 1.00 bits per heavy atom. The van der Waals surface area contributed by atoms with Crippen LogP contribution in [0.2, 0.25) is 0 Å². The van der Waals surface area contributed by atoms with Gasteiger partial charge in [-0.3, -0.25) is 9.59 Å². The zero-order valence-corrected chi connectivity index (χ0v) is 39.1. The average molecular weight is 883 g/mol. The summed E-state index contributed by atoms with van der Waals surface area (Å²) in [5.41, 5.74) is 0.690. The highest BCUT2D eigenvalue weighted by Crippen LogP contribution is 2.59. The molecule has 0 bridgehead atoms. The van der Waals surface area contributed by atoms with Gasteiger partial charge in [0.2, 0.25) is 0 Å². The Labute approximate surface area is 372 Å². The molecule has 1 heterocycles. The second-order valence-electron chi connectivity index (χ2n) is 17.1. The van der Waals surface area contributed by atoms with E-state index < -0.39 is 22.8 Å². The van der Waals surface area contributed by atoms with Crippen molar-refractivity contribution in [1.29, 1.82) is 10.5 Å². The largest absolute Gasteiger partial charge is 0.492 e. The van der Waals surface area contributed by atoms with Gasteiger partial charge in [0.25, 0.3) is 0 Å². The van der Waals surface area contributed by atoms with Gasteiger partial charge in [-0.05, 0) is 58.1 Å². The van der Waals surface area contributed by atoms with Crippen molar-refractivity contribution in [1.82, 2.24) is 0 Å². The van der Waals surface area contributed by atoms with Crippen LogP contribution in [0.15, 0.2) is 50.0 Å². The minimum absolute atomic E-state index is 0.0677. The molecule has 14 heteroatoms. The molecule has 1 aromatic carbocycles. The van der Waals surface area contributed by atoms with Crippen molar-refractivity contribution < 1.29 is 47.6 Å². The third-order valence-electron chi connectivity index (χ3n) is 9.35. The molecule has 0 saturated heterocycles. The Bertz CT molecular complexity index is 1790. The van der Waals surface area contributed by atoms with E-state index in [-0.39, 0.29) is 43.9 Å². The smallest absolute Gasteiger partial charge is 0.333 e. The van der Waals surface area contributed by atoms with Gasteiger partial charge in [-0.1, -0.05) is 116 Å². The standard InChI is InChI=1S/C47H66N2O10S2/c1-33(2)43(52)58-31-46(6,7)29-56-38(50)22-18-14-10-12-16-20-24-54-37-26-35(5)40(42-41(37)60-45(61-42)36(27-48)28-49)55-25-21-17-13-11-15-19-23-39(51)57-30-47(8,9)32-59-44(53)34(3)4/h26H,1,3,10-25,29-32H2,2,4-9H3. The van der Waals surface area contributed by atoms with Crippen molar-refractivity contribution in [3.05, 3.63) is 45.7 Å². The summed E-state index contributed by atoms with van der Waals surface area (Å²) in [6.45, 7) is 21.5. The van der Waals surface area contributed by atoms with E-state index in [4.69, 9.17) is 28.4 Å². The maximum Gasteiger partial charge on any atom is 0.333 e. The normalized spacial score (nSPS) is 12.0. The number of allylic oxidation sites excluding steroid dienone is 1. The SMILES string of the molecule is C=C(C)C(=O)OCC(C)(C)COC(=O)CCCCCCCCOc1cc(C)c(OCCCCCCCCC(=O)OCC(C)(C)COC(=O)C(=C)C)c2c1SC(=C(C#N)C#N)S2. The summed E-state index contributed by atoms with van der Waals surface area (Å²) in [6, 6.07) is 6.00. The highest BCUT2D eigenvalue weighted by molar-refractivity contribution is 8.24. The molecule has 1 aromatic rings. The fraction of sp³-hybridized carbons (Fsp3) is 0.617. The molecule has 0 spiro atoms. The van der Waals surface area contributed by atoms with Crippen molar-refractivity contribution in [3.8, 4) is 23.6 Å². The van der Waals surface area contributed by atoms with Crippen LogP contribution in [0.5, 0.6) is 11.5 Å². The fourth-order valence-electron chi connectivity index (χ4n) is 5.68. The highest BCUT2D eigenvalue weighted by atomic mass is 32.2. The summed E-state index contributed by atoms with van der Waals surface area (Å²) in [5, 5.41) is 19.1. The van der Waals surface area contributed by atoms with E-state index in [1.54, 1.807) is 13.8 Å². The number of benzene rings is 1. The van der Waals surface area contributed by atoms with E-state index in [1.807, 2.05) is 52.8 Å².